The predicted octanol–water partition coefficient (Wildman–Crippen LogP) is 3.76. The maximum Gasteiger partial charge on any atom is 0.162 e. The summed E-state index contributed by atoms with van der Waals surface area (Å²) in [6.07, 6.45) is 1.35. The molecule has 1 aromatic carbocycles. The number of halogens is 1. The zero-order valence-electron chi connectivity index (χ0n) is 12.3. The Morgan fingerprint density at radius 1 is 1.21 bits per heavy atom. The van der Waals surface area contributed by atoms with Crippen LogP contribution >= 0.6 is 0 Å². The Morgan fingerprint density at radius 3 is 2.32 bits per heavy atom. The molecule has 19 heavy (non-hydrogen) atoms. The first kappa shape index (κ1) is 15.8. The molecule has 0 spiro atoms. The molecule has 0 aliphatic rings. The molecule has 2 nitrogen and oxygen atoms in total. The topological polar surface area (TPSA) is 20.3 Å². The summed E-state index contributed by atoms with van der Waals surface area (Å²) < 4.78 is 12.8. The highest BCUT2D eigenvalue weighted by Crippen LogP contribution is 2.11. The molecule has 0 saturated heterocycles. The average molecular weight is 265 g/mol. The van der Waals surface area contributed by atoms with Crippen LogP contribution in [0.3, 0.4) is 0 Å². The molecule has 1 atom stereocenters. The van der Waals surface area contributed by atoms with Crippen molar-refractivity contribution in [2.45, 2.75) is 39.7 Å². The molecule has 0 bridgehead atoms. The summed E-state index contributed by atoms with van der Waals surface area (Å²) in [4.78, 5) is 14.2. The second-order valence-electron chi connectivity index (χ2n) is 5.50. The highest BCUT2D eigenvalue weighted by atomic mass is 19.1. The van der Waals surface area contributed by atoms with Gasteiger partial charge in [-0.3, -0.25) is 4.79 Å². The lowest BCUT2D eigenvalue weighted by Crippen LogP contribution is -2.34. The molecule has 1 aromatic rings. The lowest BCUT2D eigenvalue weighted by atomic mass is 10.0. The summed E-state index contributed by atoms with van der Waals surface area (Å²) >= 11 is 0. The SMILES string of the molecule is CC(C)C(C)N(C)CCCC(=O)c1ccc(F)cc1. The highest BCUT2D eigenvalue weighted by Gasteiger charge is 2.13. The third-order valence-corrected chi connectivity index (χ3v) is 3.74. The van der Waals surface area contributed by atoms with Gasteiger partial charge in [0.15, 0.2) is 5.78 Å². The normalized spacial score (nSPS) is 13.0. The lowest BCUT2D eigenvalue weighted by Gasteiger charge is -2.27. The van der Waals surface area contributed by atoms with Crippen molar-refractivity contribution in [2.24, 2.45) is 5.92 Å². The number of hydrogen-bond donors (Lipinski definition) is 0. The first-order chi connectivity index (χ1) is 8.91. The minimum Gasteiger partial charge on any atom is -0.303 e. The Morgan fingerprint density at radius 2 is 1.79 bits per heavy atom. The molecule has 0 radical (unpaired) electrons. The van der Waals surface area contributed by atoms with Crippen molar-refractivity contribution >= 4 is 5.78 Å². The van der Waals surface area contributed by atoms with Crippen molar-refractivity contribution in [3.63, 3.8) is 0 Å². The monoisotopic (exact) mass is 265 g/mol. The zero-order valence-corrected chi connectivity index (χ0v) is 12.3. The van der Waals surface area contributed by atoms with Crippen molar-refractivity contribution in [1.82, 2.24) is 4.90 Å². The number of carbonyl (C=O) groups excluding carboxylic acids is 1. The van der Waals surface area contributed by atoms with E-state index < -0.39 is 0 Å². The molecular weight excluding hydrogens is 241 g/mol. The predicted molar refractivity (Wildman–Crippen MR) is 76.9 cm³/mol. The Labute approximate surface area is 115 Å². The van der Waals surface area contributed by atoms with Crippen molar-refractivity contribution in [2.75, 3.05) is 13.6 Å². The van der Waals surface area contributed by atoms with Gasteiger partial charge in [-0.1, -0.05) is 13.8 Å². The van der Waals surface area contributed by atoms with Crippen LogP contribution in [0, 0.1) is 11.7 Å². The highest BCUT2D eigenvalue weighted by molar-refractivity contribution is 5.95. The quantitative estimate of drug-likeness (QED) is 0.700. The van der Waals surface area contributed by atoms with Crippen molar-refractivity contribution in [3.05, 3.63) is 35.6 Å². The standard InChI is InChI=1S/C16H24FNO/c1-12(2)13(3)18(4)11-5-6-16(19)14-7-9-15(17)10-8-14/h7-10,12-13H,5-6,11H2,1-4H3. The van der Waals surface area contributed by atoms with Gasteiger partial charge in [-0.15, -0.1) is 0 Å². The lowest BCUT2D eigenvalue weighted by molar-refractivity contribution is 0.0972. The fourth-order valence-electron chi connectivity index (χ4n) is 1.98. The van der Waals surface area contributed by atoms with Crippen molar-refractivity contribution < 1.29 is 9.18 Å². The van der Waals surface area contributed by atoms with E-state index >= 15 is 0 Å². The van der Waals surface area contributed by atoms with Gasteiger partial charge in [0.1, 0.15) is 5.82 Å². The number of ketones is 1. The largest absolute Gasteiger partial charge is 0.303 e. The zero-order chi connectivity index (χ0) is 14.4. The molecular formula is C16H24FNO. The maximum absolute atomic E-state index is 12.8. The molecule has 0 fully saturated rings. The fraction of sp³-hybridized carbons (Fsp3) is 0.562. The van der Waals surface area contributed by atoms with Gasteiger partial charge in [0.2, 0.25) is 0 Å². The second kappa shape index (κ2) is 7.39. The molecule has 0 heterocycles. The fourth-order valence-corrected chi connectivity index (χ4v) is 1.98. The van der Waals surface area contributed by atoms with E-state index in [0.717, 1.165) is 13.0 Å². The summed E-state index contributed by atoms with van der Waals surface area (Å²) in [7, 11) is 2.09. The molecule has 3 heteroatoms. The molecule has 106 valence electrons. The number of carbonyl (C=O) groups is 1. The van der Waals surface area contributed by atoms with Crippen molar-refractivity contribution in [3.8, 4) is 0 Å². The second-order valence-corrected chi connectivity index (χ2v) is 5.50. The number of Topliss-reactive ketones (excluding diaryl/α,β-unsaturated/α-hetero) is 1. The van der Waals surface area contributed by atoms with E-state index in [1.807, 2.05) is 0 Å². The van der Waals surface area contributed by atoms with Gasteiger partial charge in [0, 0.05) is 18.0 Å². The van der Waals surface area contributed by atoms with Gasteiger partial charge in [0.25, 0.3) is 0 Å². The summed E-state index contributed by atoms with van der Waals surface area (Å²) in [5.41, 5.74) is 0.598. The van der Waals surface area contributed by atoms with Crippen molar-refractivity contribution in [1.29, 1.82) is 0 Å². The van der Waals surface area contributed by atoms with Crippen LogP contribution in [0.1, 0.15) is 44.0 Å². The number of rotatable bonds is 7. The average Bonchev–Trinajstić information content (AvgIpc) is 2.38. The molecule has 1 unspecified atom stereocenters. The van der Waals surface area contributed by atoms with Gasteiger partial charge < -0.3 is 4.90 Å². The third-order valence-electron chi connectivity index (χ3n) is 3.74. The van der Waals surface area contributed by atoms with Crippen LogP contribution in [0.5, 0.6) is 0 Å². The van der Waals surface area contributed by atoms with Crippen LogP contribution in [0.4, 0.5) is 4.39 Å². The first-order valence-corrected chi connectivity index (χ1v) is 6.91. The van der Waals surface area contributed by atoms with Gasteiger partial charge in [-0.25, -0.2) is 4.39 Å². The van der Waals surface area contributed by atoms with Crippen LogP contribution in [0.2, 0.25) is 0 Å². The van der Waals surface area contributed by atoms with E-state index in [-0.39, 0.29) is 11.6 Å². The Hall–Kier alpha value is -1.22. The van der Waals surface area contributed by atoms with E-state index in [2.05, 4.69) is 32.7 Å². The van der Waals surface area contributed by atoms with E-state index in [1.165, 1.54) is 12.1 Å². The number of benzene rings is 1. The number of nitrogens with zero attached hydrogens (tertiary/aromatic N) is 1. The summed E-state index contributed by atoms with van der Waals surface area (Å²) in [5, 5.41) is 0. The maximum atomic E-state index is 12.8. The first-order valence-electron chi connectivity index (χ1n) is 6.91. The van der Waals surface area contributed by atoms with Gasteiger partial charge in [-0.2, -0.15) is 0 Å². The molecule has 1 rings (SSSR count). The van der Waals surface area contributed by atoms with Crippen LogP contribution in [0.15, 0.2) is 24.3 Å². The van der Waals surface area contributed by atoms with Crippen LogP contribution in [-0.2, 0) is 0 Å². The molecule has 0 saturated carbocycles. The molecule has 0 N–H and O–H groups in total. The smallest absolute Gasteiger partial charge is 0.162 e. The van der Waals surface area contributed by atoms with E-state index in [4.69, 9.17) is 0 Å². The summed E-state index contributed by atoms with van der Waals surface area (Å²) in [6, 6.07) is 6.29. The Balaban J connectivity index is 2.37. The van der Waals surface area contributed by atoms with Gasteiger partial charge in [0.05, 0.1) is 0 Å². The van der Waals surface area contributed by atoms with E-state index in [1.54, 1.807) is 12.1 Å². The molecule has 0 amide bonds. The van der Waals surface area contributed by atoms with E-state index in [9.17, 15) is 9.18 Å². The Kier molecular flexibility index (Phi) is 6.16. The molecule has 0 aliphatic heterocycles. The minimum atomic E-state index is -0.304. The molecule has 0 aromatic heterocycles. The summed E-state index contributed by atoms with van der Waals surface area (Å²) in [6.45, 7) is 7.51. The van der Waals surface area contributed by atoms with Gasteiger partial charge in [-0.05, 0) is 57.1 Å². The minimum absolute atomic E-state index is 0.0885. The van der Waals surface area contributed by atoms with Gasteiger partial charge >= 0.3 is 0 Å². The Bertz CT molecular complexity index is 400. The molecule has 0 aliphatic carbocycles. The van der Waals surface area contributed by atoms with Crippen LogP contribution in [-0.4, -0.2) is 30.3 Å². The van der Waals surface area contributed by atoms with Crippen LogP contribution < -0.4 is 0 Å². The summed E-state index contributed by atoms with van der Waals surface area (Å²) in [5.74, 6) is 0.394. The third kappa shape index (κ3) is 5.11. The van der Waals surface area contributed by atoms with Crippen LogP contribution in [0.25, 0.3) is 0 Å². The van der Waals surface area contributed by atoms with E-state index in [0.29, 0.717) is 23.9 Å². The number of hydrogen-bond acceptors (Lipinski definition) is 2.